The topological polar surface area (TPSA) is 101 Å². The third-order valence-electron chi connectivity index (χ3n) is 3.21. The van der Waals surface area contributed by atoms with Gasteiger partial charge in [-0.05, 0) is 34.1 Å². The van der Waals surface area contributed by atoms with Gasteiger partial charge in [0.2, 0.25) is 11.5 Å². The van der Waals surface area contributed by atoms with E-state index < -0.39 is 17.9 Å². The molecule has 144 valence electrons. The fraction of sp³-hybridized carbons (Fsp3) is 0.444. The summed E-state index contributed by atoms with van der Waals surface area (Å²) in [5, 5.41) is 8.99. The molecule has 0 aliphatic carbocycles. The summed E-state index contributed by atoms with van der Waals surface area (Å²) in [5.41, 5.74) is 0.109. The molecule has 26 heavy (non-hydrogen) atoms. The lowest BCUT2D eigenvalue weighted by atomic mass is 10.0. The summed E-state index contributed by atoms with van der Waals surface area (Å²) >= 11 is 0. The van der Waals surface area contributed by atoms with Crippen LogP contribution in [-0.2, 0) is 11.2 Å². The van der Waals surface area contributed by atoms with Gasteiger partial charge in [0.25, 0.3) is 0 Å². The molecule has 0 aromatic heterocycles. The van der Waals surface area contributed by atoms with Gasteiger partial charge in [-0.1, -0.05) is 6.08 Å². The number of hydrogen-bond donors (Lipinski definition) is 1. The Morgan fingerprint density at radius 3 is 2.00 bits per heavy atom. The van der Waals surface area contributed by atoms with E-state index in [1.165, 1.54) is 14.2 Å². The van der Waals surface area contributed by atoms with Crippen molar-refractivity contribution in [3.05, 3.63) is 23.8 Å². The minimum Gasteiger partial charge on any atom is -0.490 e. The number of allylic oxidation sites excluding steroid dienone is 1. The van der Waals surface area contributed by atoms with Crippen LogP contribution in [0.15, 0.2) is 12.7 Å². The van der Waals surface area contributed by atoms with E-state index in [-0.39, 0.29) is 29.4 Å². The van der Waals surface area contributed by atoms with Gasteiger partial charge in [-0.3, -0.25) is 0 Å². The van der Waals surface area contributed by atoms with E-state index in [1.54, 1.807) is 33.8 Å². The number of hydrogen-bond acceptors (Lipinski definition) is 7. The Balaban J connectivity index is 3.60. The highest BCUT2D eigenvalue weighted by atomic mass is 16.7. The fourth-order valence-corrected chi connectivity index (χ4v) is 2.25. The summed E-state index contributed by atoms with van der Waals surface area (Å²) in [6.45, 7) is 10.4. The van der Waals surface area contributed by atoms with Gasteiger partial charge in [-0.15, -0.1) is 6.58 Å². The standard InChI is InChI=1S/C18H24O8/c1-8-9-11-10(2)12(24-16(19)20)14(22-6)15(23-7)13(11)25-17(21)26-18(3,4)5/h8H,1,9H2,2-7H3,(H,19,20). The SMILES string of the molecule is C=CCc1c(C)c(OC(=O)O)c(OC)c(OC)c1OC(=O)OC(C)(C)C. The molecule has 0 fully saturated rings. The molecule has 8 nitrogen and oxygen atoms in total. The van der Waals surface area contributed by atoms with E-state index in [9.17, 15) is 9.59 Å². The summed E-state index contributed by atoms with van der Waals surface area (Å²) < 4.78 is 25.9. The average molecular weight is 368 g/mol. The third kappa shape index (κ3) is 5.05. The highest BCUT2D eigenvalue weighted by molar-refractivity contribution is 5.75. The molecule has 0 aliphatic rings. The van der Waals surface area contributed by atoms with Gasteiger partial charge in [0.15, 0.2) is 11.5 Å². The Bertz CT molecular complexity index is 700. The van der Waals surface area contributed by atoms with Gasteiger partial charge in [0, 0.05) is 11.1 Å². The first-order chi connectivity index (χ1) is 12.1. The van der Waals surface area contributed by atoms with Gasteiger partial charge in [-0.25, -0.2) is 9.59 Å². The van der Waals surface area contributed by atoms with Gasteiger partial charge < -0.3 is 28.8 Å². The van der Waals surface area contributed by atoms with Gasteiger partial charge >= 0.3 is 12.3 Å². The average Bonchev–Trinajstić information content (AvgIpc) is 2.50. The van der Waals surface area contributed by atoms with Crippen molar-refractivity contribution < 1.29 is 38.4 Å². The van der Waals surface area contributed by atoms with Crippen molar-refractivity contribution in [1.82, 2.24) is 0 Å². The summed E-state index contributed by atoms with van der Waals surface area (Å²) in [4.78, 5) is 23.2. The molecular weight excluding hydrogens is 344 g/mol. The largest absolute Gasteiger partial charge is 0.514 e. The highest BCUT2D eigenvalue weighted by Crippen LogP contribution is 2.50. The van der Waals surface area contributed by atoms with Crippen LogP contribution in [0, 0.1) is 6.92 Å². The van der Waals surface area contributed by atoms with Gasteiger partial charge in [0.1, 0.15) is 5.60 Å². The molecule has 1 aromatic rings. The maximum atomic E-state index is 12.1. The smallest absolute Gasteiger partial charge is 0.490 e. The first-order valence-electron chi connectivity index (χ1n) is 7.75. The molecule has 1 rings (SSSR count). The van der Waals surface area contributed by atoms with Gasteiger partial charge in [0.05, 0.1) is 14.2 Å². The van der Waals surface area contributed by atoms with E-state index >= 15 is 0 Å². The van der Waals surface area contributed by atoms with Crippen molar-refractivity contribution in [3.8, 4) is 23.0 Å². The predicted molar refractivity (Wildman–Crippen MR) is 93.7 cm³/mol. The van der Waals surface area contributed by atoms with Crippen molar-refractivity contribution in [2.75, 3.05) is 14.2 Å². The number of carboxylic acid groups (broad SMARTS) is 1. The van der Waals surface area contributed by atoms with Crippen LogP contribution >= 0.6 is 0 Å². The van der Waals surface area contributed by atoms with Crippen LogP contribution in [-0.4, -0.2) is 37.2 Å². The van der Waals surface area contributed by atoms with Crippen molar-refractivity contribution in [2.45, 2.75) is 39.7 Å². The quantitative estimate of drug-likeness (QED) is 0.455. The van der Waals surface area contributed by atoms with E-state index in [0.717, 1.165) is 0 Å². The summed E-state index contributed by atoms with van der Waals surface area (Å²) in [6, 6.07) is 0. The van der Waals surface area contributed by atoms with E-state index in [0.29, 0.717) is 11.1 Å². The predicted octanol–water partition coefficient (Wildman–Crippen LogP) is 4.11. The van der Waals surface area contributed by atoms with E-state index in [2.05, 4.69) is 6.58 Å². The zero-order valence-corrected chi connectivity index (χ0v) is 15.8. The van der Waals surface area contributed by atoms with Crippen molar-refractivity contribution >= 4 is 12.3 Å². The lowest BCUT2D eigenvalue weighted by Crippen LogP contribution is -2.26. The van der Waals surface area contributed by atoms with Crippen LogP contribution in [0.25, 0.3) is 0 Å². The summed E-state index contributed by atoms with van der Waals surface area (Å²) in [6.07, 6.45) is -0.616. The van der Waals surface area contributed by atoms with Crippen LogP contribution < -0.4 is 18.9 Å². The zero-order chi connectivity index (χ0) is 20.1. The molecule has 0 saturated carbocycles. The molecular formula is C18H24O8. The molecule has 0 heterocycles. The Labute approximate surface area is 152 Å². The Hall–Kier alpha value is -2.90. The molecule has 0 spiro atoms. The summed E-state index contributed by atoms with van der Waals surface area (Å²) in [5.74, 6) is -0.00481. The molecule has 0 saturated heterocycles. The fourth-order valence-electron chi connectivity index (χ4n) is 2.25. The number of rotatable bonds is 6. The van der Waals surface area contributed by atoms with Gasteiger partial charge in [-0.2, -0.15) is 0 Å². The molecule has 0 bridgehead atoms. The molecule has 0 unspecified atom stereocenters. The Kier molecular flexibility index (Phi) is 6.88. The molecule has 1 N–H and O–H groups in total. The normalized spacial score (nSPS) is 10.7. The van der Waals surface area contributed by atoms with Crippen LogP contribution in [0.3, 0.4) is 0 Å². The monoisotopic (exact) mass is 368 g/mol. The molecule has 0 radical (unpaired) electrons. The van der Waals surface area contributed by atoms with E-state index in [1.807, 2.05) is 0 Å². The third-order valence-corrected chi connectivity index (χ3v) is 3.21. The van der Waals surface area contributed by atoms with Crippen molar-refractivity contribution in [1.29, 1.82) is 0 Å². The van der Waals surface area contributed by atoms with Crippen molar-refractivity contribution in [2.24, 2.45) is 0 Å². The summed E-state index contributed by atoms with van der Waals surface area (Å²) in [7, 11) is 2.65. The number of carbonyl (C=O) groups excluding carboxylic acids is 1. The molecule has 1 aromatic carbocycles. The number of methoxy groups -OCH3 is 2. The maximum absolute atomic E-state index is 12.1. The number of ether oxygens (including phenoxy) is 5. The molecule has 8 heteroatoms. The molecule has 0 atom stereocenters. The van der Waals surface area contributed by atoms with Crippen LogP contribution in [0.1, 0.15) is 31.9 Å². The first-order valence-corrected chi connectivity index (χ1v) is 7.75. The Morgan fingerprint density at radius 2 is 1.58 bits per heavy atom. The number of benzene rings is 1. The number of carbonyl (C=O) groups is 2. The minimum atomic E-state index is -1.51. The molecule has 0 aliphatic heterocycles. The maximum Gasteiger partial charge on any atom is 0.514 e. The first kappa shape index (κ1) is 21.1. The highest BCUT2D eigenvalue weighted by Gasteiger charge is 2.29. The van der Waals surface area contributed by atoms with E-state index in [4.69, 9.17) is 28.8 Å². The van der Waals surface area contributed by atoms with Crippen LogP contribution in [0.4, 0.5) is 9.59 Å². The Morgan fingerprint density at radius 1 is 1.04 bits per heavy atom. The lowest BCUT2D eigenvalue weighted by molar-refractivity contribution is 0.0197. The molecule has 0 amide bonds. The van der Waals surface area contributed by atoms with Crippen molar-refractivity contribution in [3.63, 3.8) is 0 Å². The van der Waals surface area contributed by atoms with Crippen LogP contribution in [0.2, 0.25) is 0 Å². The second-order valence-corrected chi connectivity index (χ2v) is 6.26. The second kappa shape index (κ2) is 8.46. The second-order valence-electron chi connectivity index (χ2n) is 6.26. The lowest BCUT2D eigenvalue weighted by Gasteiger charge is -2.23. The minimum absolute atomic E-state index is 0.0112. The zero-order valence-electron chi connectivity index (χ0n) is 15.8. The van der Waals surface area contributed by atoms with Crippen LogP contribution in [0.5, 0.6) is 23.0 Å².